The third-order valence-electron chi connectivity index (χ3n) is 3.40. The van der Waals surface area contributed by atoms with E-state index in [4.69, 9.17) is 0 Å². The maximum Gasteiger partial charge on any atom is 0.183 e. The lowest BCUT2D eigenvalue weighted by molar-refractivity contribution is 0.101. The van der Waals surface area contributed by atoms with Gasteiger partial charge in [0, 0.05) is 11.8 Å². The normalized spacial score (nSPS) is 12.1. The van der Waals surface area contributed by atoms with E-state index in [-0.39, 0.29) is 23.3 Å². The molecule has 23 heavy (non-hydrogen) atoms. The summed E-state index contributed by atoms with van der Waals surface area (Å²) in [5, 5.41) is 13.3. The van der Waals surface area contributed by atoms with Crippen molar-refractivity contribution >= 4 is 22.9 Å². The van der Waals surface area contributed by atoms with E-state index >= 15 is 0 Å². The fourth-order valence-corrected chi connectivity index (χ4v) is 2.96. The summed E-state index contributed by atoms with van der Waals surface area (Å²) in [6, 6.07) is 9.85. The highest BCUT2D eigenvalue weighted by Gasteiger charge is 2.20. The molecule has 0 saturated carbocycles. The molecule has 0 aliphatic carbocycles. The zero-order chi connectivity index (χ0) is 16.4. The van der Waals surface area contributed by atoms with Crippen molar-refractivity contribution in [3.8, 4) is 5.69 Å². The van der Waals surface area contributed by atoms with Crippen LogP contribution in [0.5, 0.6) is 0 Å². The molecule has 2 aromatic heterocycles. The van der Waals surface area contributed by atoms with Gasteiger partial charge < -0.3 is 5.32 Å². The van der Waals surface area contributed by atoms with E-state index in [1.165, 1.54) is 23.7 Å². The SMILES string of the molecule is CC(=O)c1nnn(-c2ccc(F)cc2)c1NC(C)c1cccs1. The molecule has 0 amide bonds. The van der Waals surface area contributed by atoms with Gasteiger partial charge in [0.2, 0.25) is 0 Å². The van der Waals surface area contributed by atoms with E-state index in [1.54, 1.807) is 23.5 Å². The van der Waals surface area contributed by atoms with Gasteiger partial charge in [0.15, 0.2) is 17.3 Å². The molecule has 0 fully saturated rings. The van der Waals surface area contributed by atoms with Gasteiger partial charge in [0.05, 0.1) is 11.7 Å². The van der Waals surface area contributed by atoms with Crippen LogP contribution in [0.15, 0.2) is 41.8 Å². The molecular weight excluding hydrogens is 315 g/mol. The van der Waals surface area contributed by atoms with Crippen molar-refractivity contribution < 1.29 is 9.18 Å². The van der Waals surface area contributed by atoms with Gasteiger partial charge >= 0.3 is 0 Å². The Morgan fingerprint density at radius 3 is 2.65 bits per heavy atom. The summed E-state index contributed by atoms with van der Waals surface area (Å²) in [4.78, 5) is 13.0. The van der Waals surface area contributed by atoms with Crippen molar-refractivity contribution in [2.75, 3.05) is 5.32 Å². The summed E-state index contributed by atoms with van der Waals surface area (Å²) in [5.74, 6) is -0.00799. The molecule has 3 rings (SSSR count). The molecule has 0 aliphatic rings. The van der Waals surface area contributed by atoms with Crippen molar-refractivity contribution in [1.29, 1.82) is 0 Å². The molecular formula is C16H15FN4OS. The van der Waals surface area contributed by atoms with Gasteiger partial charge in [-0.1, -0.05) is 11.3 Å². The first kappa shape index (κ1) is 15.4. The number of Topliss-reactive ketones (excluding diaryl/α,β-unsaturated/α-hetero) is 1. The second kappa shape index (κ2) is 6.29. The first-order valence-corrected chi connectivity index (χ1v) is 7.96. The summed E-state index contributed by atoms with van der Waals surface area (Å²) in [6.07, 6.45) is 0. The number of hydrogen-bond acceptors (Lipinski definition) is 5. The summed E-state index contributed by atoms with van der Waals surface area (Å²) in [5.41, 5.74) is 0.894. The van der Waals surface area contributed by atoms with Crippen molar-refractivity contribution in [2.45, 2.75) is 19.9 Å². The standard InChI is InChI=1S/C16H15FN4OS/c1-10(14-4-3-9-23-14)18-16-15(11(2)22)19-20-21(16)13-7-5-12(17)6-8-13/h3-10,18H,1-2H3. The number of hydrogen-bond donors (Lipinski definition) is 1. The van der Waals surface area contributed by atoms with Crippen molar-refractivity contribution in [2.24, 2.45) is 0 Å². The molecule has 1 aromatic carbocycles. The molecule has 2 heterocycles. The van der Waals surface area contributed by atoms with E-state index in [1.807, 2.05) is 24.4 Å². The zero-order valence-electron chi connectivity index (χ0n) is 12.7. The first-order chi connectivity index (χ1) is 11.1. The lowest BCUT2D eigenvalue weighted by Gasteiger charge is -2.15. The fourth-order valence-electron chi connectivity index (χ4n) is 2.23. The molecule has 0 spiro atoms. The second-order valence-electron chi connectivity index (χ2n) is 5.11. The van der Waals surface area contributed by atoms with E-state index in [2.05, 4.69) is 15.6 Å². The van der Waals surface area contributed by atoms with E-state index in [9.17, 15) is 9.18 Å². The van der Waals surface area contributed by atoms with Gasteiger partial charge in [-0.3, -0.25) is 4.79 Å². The number of nitrogens with one attached hydrogen (secondary N) is 1. The number of rotatable bonds is 5. The minimum absolute atomic E-state index is 0.00852. The summed E-state index contributed by atoms with van der Waals surface area (Å²) < 4.78 is 14.6. The number of thiophene rings is 1. The number of benzene rings is 1. The Morgan fingerprint density at radius 1 is 1.30 bits per heavy atom. The number of carbonyl (C=O) groups is 1. The first-order valence-electron chi connectivity index (χ1n) is 7.09. The van der Waals surface area contributed by atoms with Crippen LogP contribution >= 0.6 is 11.3 Å². The van der Waals surface area contributed by atoms with Gasteiger partial charge in [0.1, 0.15) is 5.82 Å². The molecule has 5 nitrogen and oxygen atoms in total. The zero-order valence-corrected chi connectivity index (χ0v) is 13.5. The Morgan fingerprint density at radius 2 is 2.04 bits per heavy atom. The Hall–Kier alpha value is -2.54. The number of anilines is 1. The van der Waals surface area contributed by atoms with E-state index < -0.39 is 0 Å². The van der Waals surface area contributed by atoms with Gasteiger partial charge in [-0.05, 0) is 42.6 Å². The monoisotopic (exact) mass is 330 g/mol. The van der Waals surface area contributed by atoms with Gasteiger partial charge in [0.25, 0.3) is 0 Å². The van der Waals surface area contributed by atoms with E-state index in [0.717, 1.165) is 4.88 Å². The van der Waals surface area contributed by atoms with Crippen LogP contribution in [0, 0.1) is 5.82 Å². The van der Waals surface area contributed by atoms with Crippen molar-refractivity contribution in [1.82, 2.24) is 15.0 Å². The van der Waals surface area contributed by atoms with Crippen molar-refractivity contribution in [3.05, 3.63) is 58.2 Å². The number of halogens is 1. The highest BCUT2D eigenvalue weighted by Crippen LogP contribution is 2.26. The lowest BCUT2D eigenvalue weighted by Crippen LogP contribution is -2.12. The third kappa shape index (κ3) is 3.14. The predicted octanol–water partition coefficient (Wildman–Crippen LogP) is 3.84. The maximum atomic E-state index is 13.1. The topological polar surface area (TPSA) is 59.8 Å². The van der Waals surface area contributed by atoms with Gasteiger partial charge in [-0.25, -0.2) is 4.39 Å². The molecule has 3 aromatic rings. The van der Waals surface area contributed by atoms with Crippen LogP contribution in [-0.4, -0.2) is 20.8 Å². The van der Waals surface area contributed by atoms with Crippen LogP contribution in [-0.2, 0) is 0 Å². The molecule has 0 aliphatic heterocycles. The Bertz CT molecular complexity index is 811. The maximum absolute atomic E-state index is 13.1. The van der Waals surface area contributed by atoms with E-state index in [0.29, 0.717) is 11.5 Å². The predicted molar refractivity (Wildman–Crippen MR) is 87.7 cm³/mol. The van der Waals surface area contributed by atoms with Gasteiger partial charge in [-0.2, -0.15) is 4.68 Å². The average Bonchev–Trinajstić information content (AvgIpc) is 3.17. The summed E-state index contributed by atoms with van der Waals surface area (Å²) >= 11 is 1.62. The Labute approximate surface area is 136 Å². The second-order valence-corrected chi connectivity index (χ2v) is 6.09. The van der Waals surface area contributed by atoms with Crippen LogP contribution in [0.25, 0.3) is 5.69 Å². The van der Waals surface area contributed by atoms with Gasteiger partial charge in [-0.15, -0.1) is 16.4 Å². The highest BCUT2D eigenvalue weighted by molar-refractivity contribution is 7.10. The molecule has 1 unspecified atom stereocenters. The fraction of sp³-hybridized carbons (Fsp3) is 0.188. The minimum atomic E-state index is -0.331. The lowest BCUT2D eigenvalue weighted by atomic mass is 10.2. The molecule has 7 heteroatoms. The average molecular weight is 330 g/mol. The van der Waals surface area contributed by atoms with Crippen LogP contribution < -0.4 is 5.32 Å². The number of nitrogens with zero attached hydrogens (tertiary/aromatic N) is 3. The number of carbonyl (C=O) groups excluding carboxylic acids is 1. The molecule has 118 valence electrons. The van der Waals surface area contributed by atoms with Crippen LogP contribution in [0.4, 0.5) is 10.2 Å². The largest absolute Gasteiger partial charge is 0.361 e. The number of ketones is 1. The summed E-state index contributed by atoms with van der Waals surface area (Å²) in [6.45, 7) is 3.44. The molecule has 1 N–H and O–H groups in total. The molecule has 0 saturated heterocycles. The minimum Gasteiger partial charge on any atom is -0.361 e. The molecule has 1 atom stereocenters. The third-order valence-corrected chi connectivity index (χ3v) is 4.45. The smallest absolute Gasteiger partial charge is 0.183 e. The van der Waals surface area contributed by atoms with Crippen LogP contribution in [0.1, 0.15) is 35.3 Å². The Kier molecular flexibility index (Phi) is 4.20. The summed E-state index contributed by atoms with van der Waals surface area (Å²) in [7, 11) is 0. The highest BCUT2D eigenvalue weighted by atomic mass is 32.1. The Balaban J connectivity index is 2.00. The van der Waals surface area contributed by atoms with Crippen LogP contribution in [0.3, 0.4) is 0 Å². The molecule has 0 bridgehead atoms. The van der Waals surface area contributed by atoms with Crippen LogP contribution in [0.2, 0.25) is 0 Å². The molecule has 0 radical (unpaired) electrons. The number of aromatic nitrogens is 3. The van der Waals surface area contributed by atoms with Crippen molar-refractivity contribution in [3.63, 3.8) is 0 Å². The quantitative estimate of drug-likeness (QED) is 0.722.